The van der Waals surface area contributed by atoms with Crippen molar-refractivity contribution in [2.75, 3.05) is 0 Å². The van der Waals surface area contributed by atoms with Crippen molar-refractivity contribution in [2.24, 2.45) is 5.21 Å². The quantitative estimate of drug-likeness (QED) is 0.491. The Morgan fingerprint density at radius 2 is 2.62 bits per heavy atom. The van der Waals surface area contributed by atoms with Gasteiger partial charge in [0.25, 0.3) is 5.55 Å². The molecule has 1 rings (SSSR count). The van der Waals surface area contributed by atoms with Gasteiger partial charge in [-0.2, -0.15) is 0 Å². The van der Waals surface area contributed by atoms with Gasteiger partial charge in [-0.15, -0.1) is 0 Å². The first-order valence-corrected chi connectivity index (χ1v) is 1.97. The van der Waals surface area contributed by atoms with E-state index < -0.39 is 0 Å². The van der Waals surface area contributed by atoms with Gasteiger partial charge in [0.05, 0.1) is 12.4 Å². The van der Waals surface area contributed by atoms with Crippen LogP contribution in [0.2, 0.25) is 0 Å². The lowest BCUT2D eigenvalue weighted by molar-refractivity contribution is 0.408. The highest BCUT2D eigenvalue weighted by Crippen LogP contribution is 1.69. The number of nitrogens with zero attached hydrogens (tertiary/aromatic N) is 2. The van der Waals surface area contributed by atoms with Crippen LogP contribution < -0.4 is 5.55 Å². The summed E-state index contributed by atoms with van der Waals surface area (Å²) in [6.45, 7) is 0. The van der Waals surface area contributed by atoms with E-state index in [9.17, 15) is 4.48 Å². The van der Waals surface area contributed by atoms with Crippen molar-refractivity contribution in [2.45, 2.75) is 0 Å². The zero-order valence-electron chi connectivity index (χ0n) is 3.91. The maximum Gasteiger partial charge on any atom is 0.267 e. The van der Waals surface area contributed by atoms with Crippen LogP contribution in [0, 0.1) is 0 Å². The molecule has 0 spiro atoms. The lowest BCUT2D eigenvalue weighted by Crippen LogP contribution is -1.96. The van der Waals surface area contributed by atoms with Crippen LogP contribution in [-0.4, -0.2) is 4.98 Å². The van der Waals surface area contributed by atoms with E-state index in [-0.39, 0.29) is 5.55 Å². The minimum Gasteiger partial charge on any atom is -0.442 e. The fourth-order valence-electron chi connectivity index (χ4n) is 0.314. The minimum atomic E-state index is -0.118. The van der Waals surface area contributed by atoms with Crippen LogP contribution in [0.15, 0.2) is 28.3 Å². The van der Waals surface area contributed by atoms with Gasteiger partial charge in [-0.3, -0.25) is 4.98 Å². The van der Waals surface area contributed by atoms with E-state index in [0.717, 1.165) is 0 Å². The Kier molecular flexibility index (Phi) is 1.37. The summed E-state index contributed by atoms with van der Waals surface area (Å²) < 4.78 is 15.7. The third-order valence-corrected chi connectivity index (χ3v) is 0.604. The van der Waals surface area contributed by atoms with Crippen LogP contribution in [0.4, 0.5) is 4.48 Å². The van der Waals surface area contributed by atoms with Crippen LogP contribution in [0.3, 0.4) is 0 Å². The van der Waals surface area contributed by atoms with Gasteiger partial charge in [0.1, 0.15) is 6.26 Å². The first-order chi connectivity index (χ1) is 3.93. The van der Waals surface area contributed by atoms with Gasteiger partial charge < -0.3 is 4.42 Å². The van der Waals surface area contributed by atoms with Crippen molar-refractivity contribution < 1.29 is 8.90 Å². The standard InChI is InChI=1S/C4H3FN2O/c5-7-4-3-6-1-2-8-4/h1-3H. The van der Waals surface area contributed by atoms with Crippen molar-refractivity contribution >= 4 is 0 Å². The van der Waals surface area contributed by atoms with Crippen LogP contribution >= 0.6 is 0 Å². The smallest absolute Gasteiger partial charge is 0.267 e. The van der Waals surface area contributed by atoms with Crippen molar-refractivity contribution in [3.8, 4) is 0 Å². The third-order valence-electron chi connectivity index (χ3n) is 0.604. The minimum absolute atomic E-state index is 0.118. The summed E-state index contributed by atoms with van der Waals surface area (Å²) in [5, 5.41) is 2.24. The zero-order chi connectivity index (χ0) is 5.82. The molecule has 1 aromatic rings. The number of aromatic nitrogens is 1. The van der Waals surface area contributed by atoms with Gasteiger partial charge in [0.15, 0.2) is 0 Å². The molecule has 3 nitrogen and oxygen atoms in total. The average Bonchev–Trinajstić information content (AvgIpc) is 1.90. The lowest BCUT2D eigenvalue weighted by Gasteiger charge is -1.76. The van der Waals surface area contributed by atoms with Gasteiger partial charge in [-0.1, -0.05) is 4.48 Å². The molecule has 0 aliphatic carbocycles. The van der Waals surface area contributed by atoms with E-state index in [1.54, 1.807) is 0 Å². The fourth-order valence-corrected chi connectivity index (χ4v) is 0.314. The Labute approximate surface area is 44.5 Å². The van der Waals surface area contributed by atoms with Crippen molar-refractivity contribution in [3.63, 3.8) is 0 Å². The largest absolute Gasteiger partial charge is 0.442 e. The Morgan fingerprint density at radius 1 is 1.75 bits per heavy atom. The summed E-state index contributed by atoms with van der Waals surface area (Å²) in [6, 6.07) is 0. The third kappa shape index (κ3) is 0.900. The highest BCUT2D eigenvalue weighted by Gasteiger charge is 1.75. The molecule has 0 bridgehead atoms. The van der Waals surface area contributed by atoms with Gasteiger partial charge in [0, 0.05) is 0 Å². The Morgan fingerprint density at radius 3 is 3.00 bits per heavy atom. The highest BCUT2D eigenvalue weighted by molar-refractivity contribution is 4.65. The van der Waals surface area contributed by atoms with E-state index in [2.05, 4.69) is 14.6 Å². The first kappa shape index (κ1) is 4.96. The number of halogens is 1. The van der Waals surface area contributed by atoms with E-state index >= 15 is 0 Å². The fraction of sp³-hybridized carbons (Fsp3) is 0. The van der Waals surface area contributed by atoms with Gasteiger partial charge in [0.2, 0.25) is 0 Å². The van der Waals surface area contributed by atoms with E-state index in [1.807, 2.05) is 0 Å². The molecule has 0 amide bonds. The molecule has 0 N–H and O–H groups in total. The van der Waals surface area contributed by atoms with Crippen LogP contribution in [-0.2, 0) is 0 Å². The molecule has 8 heavy (non-hydrogen) atoms. The van der Waals surface area contributed by atoms with Crippen molar-refractivity contribution in [1.82, 2.24) is 4.98 Å². The molecule has 0 aliphatic heterocycles. The molecule has 1 aromatic heterocycles. The summed E-state index contributed by atoms with van der Waals surface area (Å²) in [4.78, 5) is 3.53. The Hall–Kier alpha value is -1.19. The number of hydrogen-bond donors (Lipinski definition) is 0. The molecule has 0 radical (unpaired) electrons. The van der Waals surface area contributed by atoms with Crippen molar-refractivity contribution in [1.29, 1.82) is 0 Å². The summed E-state index contributed by atoms with van der Waals surface area (Å²) in [6.07, 6.45) is 3.83. The second-order valence-corrected chi connectivity index (χ2v) is 1.10. The Bertz CT molecular complexity index is 202. The predicted molar refractivity (Wildman–Crippen MR) is 23.2 cm³/mol. The van der Waals surface area contributed by atoms with E-state index in [0.29, 0.717) is 0 Å². The second kappa shape index (κ2) is 2.20. The van der Waals surface area contributed by atoms with E-state index in [1.165, 1.54) is 18.7 Å². The van der Waals surface area contributed by atoms with Gasteiger partial charge >= 0.3 is 0 Å². The van der Waals surface area contributed by atoms with Gasteiger partial charge in [-0.05, 0) is 5.21 Å². The SMILES string of the molecule is FN=c1cncco1. The maximum atomic E-state index is 11.2. The molecule has 0 saturated heterocycles. The molecule has 0 fully saturated rings. The molecule has 0 aliphatic rings. The monoisotopic (exact) mass is 114 g/mol. The summed E-state index contributed by atoms with van der Waals surface area (Å²) in [5.74, 6) is 0. The second-order valence-electron chi connectivity index (χ2n) is 1.10. The number of rotatable bonds is 0. The molecule has 0 unspecified atom stereocenters. The molecule has 0 saturated carbocycles. The first-order valence-electron chi connectivity index (χ1n) is 1.97. The highest BCUT2D eigenvalue weighted by atomic mass is 19.2. The molecular formula is C4H3FN2O. The molecular weight excluding hydrogens is 111 g/mol. The molecule has 4 heteroatoms. The number of hydrogen-bond acceptors (Lipinski definition) is 3. The zero-order valence-corrected chi connectivity index (χ0v) is 3.91. The van der Waals surface area contributed by atoms with Crippen LogP contribution in [0.1, 0.15) is 0 Å². The van der Waals surface area contributed by atoms with Crippen molar-refractivity contribution in [3.05, 3.63) is 24.2 Å². The summed E-state index contributed by atoms with van der Waals surface area (Å²) in [7, 11) is 0. The molecule has 0 atom stereocenters. The lowest BCUT2D eigenvalue weighted by atomic mass is 10.8. The Balaban J connectivity index is 3.20. The summed E-state index contributed by atoms with van der Waals surface area (Å²) >= 11 is 0. The molecule has 42 valence electrons. The van der Waals surface area contributed by atoms with Crippen LogP contribution in [0.5, 0.6) is 0 Å². The molecule has 0 aromatic carbocycles. The summed E-state index contributed by atoms with van der Waals surface area (Å²) in [5.41, 5.74) is -0.118. The predicted octanol–water partition coefficient (Wildman–Crippen LogP) is 0.460. The normalized spacial score (nSPS) is 11.9. The maximum absolute atomic E-state index is 11.2. The average molecular weight is 114 g/mol. The van der Waals surface area contributed by atoms with Crippen LogP contribution in [0.25, 0.3) is 0 Å². The topological polar surface area (TPSA) is 38.4 Å². The van der Waals surface area contributed by atoms with Gasteiger partial charge in [-0.25, -0.2) is 0 Å². The molecule has 1 heterocycles. The van der Waals surface area contributed by atoms with E-state index in [4.69, 9.17) is 0 Å².